The van der Waals surface area contributed by atoms with Crippen molar-refractivity contribution < 1.29 is 17.9 Å². The molecular weight excluding hydrogens is 377 g/mol. The number of nitrogens with zero attached hydrogens (tertiary/aromatic N) is 3. The van der Waals surface area contributed by atoms with E-state index < -0.39 is 11.7 Å². The van der Waals surface area contributed by atoms with Crippen LogP contribution in [0.4, 0.5) is 18.3 Å². The van der Waals surface area contributed by atoms with Gasteiger partial charge in [0.2, 0.25) is 0 Å². The summed E-state index contributed by atoms with van der Waals surface area (Å²) in [5.41, 5.74) is -0.0737. The summed E-state index contributed by atoms with van der Waals surface area (Å²) in [4.78, 5) is 10.7. The van der Waals surface area contributed by atoms with E-state index >= 15 is 0 Å². The van der Waals surface area contributed by atoms with Gasteiger partial charge < -0.3 is 15.0 Å². The van der Waals surface area contributed by atoms with E-state index in [1.807, 2.05) is 6.07 Å². The van der Waals surface area contributed by atoms with Crippen LogP contribution in [0.5, 0.6) is 5.75 Å². The SMILES string of the molecule is FC(F)(F)c1ccc2nc(N3CCNCC3COc3cccnc3)sc2c1. The first-order chi connectivity index (χ1) is 13.0. The third-order valence-electron chi connectivity index (χ3n) is 4.38. The Morgan fingerprint density at radius 1 is 1.30 bits per heavy atom. The second kappa shape index (κ2) is 7.32. The van der Waals surface area contributed by atoms with Gasteiger partial charge in [-0.25, -0.2) is 4.98 Å². The molecule has 0 saturated carbocycles. The fourth-order valence-electron chi connectivity index (χ4n) is 3.00. The van der Waals surface area contributed by atoms with Crippen LogP contribution in [0.1, 0.15) is 5.56 Å². The molecule has 27 heavy (non-hydrogen) atoms. The first-order valence-electron chi connectivity index (χ1n) is 8.49. The number of rotatable bonds is 4. The van der Waals surface area contributed by atoms with Crippen molar-refractivity contribution in [1.82, 2.24) is 15.3 Å². The Kier molecular flexibility index (Phi) is 4.88. The van der Waals surface area contributed by atoms with Crippen LogP contribution < -0.4 is 15.0 Å². The number of halogens is 3. The van der Waals surface area contributed by atoms with E-state index in [9.17, 15) is 13.2 Å². The molecular formula is C18H17F3N4OS. The van der Waals surface area contributed by atoms with Crippen molar-refractivity contribution in [1.29, 1.82) is 0 Å². The molecule has 1 aliphatic rings. The van der Waals surface area contributed by atoms with Gasteiger partial charge in [0.05, 0.1) is 28.0 Å². The molecule has 9 heteroatoms. The van der Waals surface area contributed by atoms with Crippen LogP contribution in [-0.2, 0) is 6.18 Å². The number of hydrogen-bond donors (Lipinski definition) is 1. The molecule has 1 N–H and O–H groups in total. The van der Waals surface area contributed by atoms with Crippen molar-refractivity contribution >= 4 is 26.7 Å². The third-order valence-corrected chi connectivity index (χ3v) is 5.43. The zero-order chi connectivity index (χ0) is 18.9. The van der Waals surface area contributed by atoms with Gasteiger partial charge in [0.1, 0.15) is 12.4 Å². The van der Waals surface area contributed by atoms with Crippen LogP contribution in [0, 0.1) is 0 Å². The highest BCUT2D eigenvalue weighted by Gasteiger charge is 2.31. The smallest absolute Gasteiger partial charge is 0.416 e. The van der Waals surface area contributed by atoms with Crippen LogP contribution in [0.3, 0.4) is 0 Å². The van der Waals surface area contributed by atoms with Crippen LogP contribution >= 0.6 is 11.3 Å². The maximum atomic E-state index is 12.9. The predicted molar refractivity (Wildman–Crippen MR) is 98.4 cm³/mol. The molecule has 142 valence electrons. The molecule has 0 spiro atoms. The lowest BCUT2D eigenvalue weighted by Gasteiger charge is -2.35. The van der Waals surface area contributed by atoms with Gasteiger partial charge in [0, 0.05) is 25.8 Å². The quantitative estimate of drug-likeness (QED) is 0.733. The number of ether oxygens (including phenoxy) is 1. The van der Waals surface area contributed by atoms with Crippen molar-refractivity contribution in [2.24, 2.45) is 0 Å². The standard InChI is InChI=1S/C18H17F3N4OS/c19-18(20,21)12-3-4-15-16(8-12)27-17(24-15)25-7-6-23-9-13(25)11-26-14-2-1-5-22-10-14/h1-5,8,10,13,23H,6-7,9,11H2. The van der Waals surface area contributed by atoms with Crippen molar-refractivity contribution in [3.63, 3.8) is 0 Å². The van der Waals surface area contributed by atoms with Gasteiger partial charge in [0.25, 0.3) is 0 Å². The van der Waals surface area contributed by atoms with Crippen molar-refractivity contribution in [2.75, 3.05) is 31.1 Å². The number of benzene rings is 1. The summed E-state index contributed by atoms with van der Waals surface area (Å²) in [6.45, 7) is 2.65. The molecule has 1 atom stereocenters. The molecule has 3 heterocycles. The van der Waals surface area contributed by atoms with Crippen LogP contribution in [0.15, 0.2) is 42.7 Å². The van der Waals surface area contributed by atoms with Crippen molar-refractivity contribution in [3.05, 3.63) is 48.3 Å². The number of thiazole rings is 1. The number of piperazine rings is 1. The molecule has 3 aromatic rings. The number of hydrogen-bond acceptors (Lipinski definition) is 6. The first kappa shape index (κ1) is 18.0. The van der Waals surface area contributed by atoms with Crippen LogP contribution in [0.2, 0.25) is 0 Å². The fraction of sp³-hybridized carbons (Fsp3) is 0.333. The van der Waals surface area contributed by atoms with Gasteiger partial charge in [-0.05, 0) is 30.3 Å². The summed E-state index contributed by atoms with van der Waals surface area (Å²) in [5, 5.41) is 4.04. The average Bonchev–Trinajstić information content (AvgIpc) is 3.10. The number of aromatic nitrogens is 2. The van der Waals surface area contributed by atoms with E-state index in [1.54, 1.807) is 18.5 Å². The molecule has 1 unspecified atom stereocenters. The number of fused-ring (bicyclic) bond motifs is 1. The zero-order valence-corrected chi connectivity index (χ0v) is 15.1. The largest absolute Gasteiger partial charge is 0.490 e. The summed E-state index contributed by atoms with van der Waals surface area (Å²) >= 11 is 1.28. The summed E-state index contributed by atoms with van der Waals surface area (Å²) in [7, 11) is 0. The van der Waals surface area contributed by atoms with Gasteiger partial charge in [-0.1, -0.05) is 11.3 Å². The molecule has 0 aliphatic carbocycles. The van der Waals surface area contributed by atoms with Crippen molar-refractivity contribution in [3.8, 4) is 5.75 Å². The van der Waals surface area contributed by atoms with E-state index in [0.717, 1.165) is 12.6 Å². The highest BCUT2D eigenvalue weighted by Crippen LogP contribution is 2.36. The van der Waals surface area contributed by atoms with Crippen LogP contribution in [-0.4, -0.2) is 42.3 Å². The number of alkyl halides is 3. The second-order valence-corrected chi connectivity index (χ2v) is 7.24. The van der Waals surface area contributed by atoms with E-state index in [-0.39, 0.29) is 6.04 Å². The minimum Gasteiger partial charge on any atom is -0.490 e. The Morgan fingerprint density at radius 2 is 2.19 bits per heavy atom. The molecule has 0 bridgehead atoms. The Hall–Kier alpha value is -2.39. The Morgan fingerprint density at radius 3 is 2.96 bits per heavy atom. The maximum Gasteiger partial charge on any atom is 0.416 e. The van der Waals surface area contributed by atoms with Gasteiger partial charge >= 0.3 is 6.18 Å². The zero-order valence-electron chi connectivity index (χ0n) is 14.2. The lowest BCUT2D eigenvalue weighted by molar-refractivity contribution is -0.137. The molecule has 1 saturated heterocycles. The maximum absolute atomic E-state index is 12.9. The summed E-state index contributed by atoms with van der Waals surface area (Å²) in [6.07, 6.45) is -1.03. The monoisotopic (exact) mass is 394 g/mol. The fourth-order valence-corrected chi connectivity index (χ4v) is 4.10. The summed E-state index contributed by atoms with van der Waals surface area (Å²) < 4.78 is 45.2. The van der Waals surface area contributed by atoms with Gasteiger partial charge in [-0.15, -0.1) is 0 Å². The first-order valence-corrected chi connectivity index (χ1v) is 9.30. The molecule has 4 rings (SSSR count). The van der Waals surface area contributed by atoms with Crippen molar-refractivity contribution in [2.45, 2.75) is 12.2 Å². The van der Waals surface area contributed by atoms with E-state index in [0.29, 0.717) is 40.8 Å². The highest BCUT2D eigenvalue weighted by molar-refractivity contribution is 7.22. The molecule has 1 fully saturated rings. The lowest BCUT2D eigenvalue weighted by Crippen LogP contribution is -2.54. The molecule has 0 radical (unpaired) electrons. The van der Waals surface area contributed by atoms with E-state index in [1.165, 1.54) is 23.5 Å². The Labute approximate surface area is 157 Å². The van der Waals surface area contributed by atoms with Crippen LogP contribution in [0.25, 0.3) is 10.2 Å². The Balaban J connectivity index is 1.56. The minimum absolute atomic E-state index is 0.0293. The molecule has 1 aromatic carbocycles. The number of nitrogens with one attached hydrogen (secondary N) is 1. The van der Waals surface area contributed by atoms with Gasteiger partial charge in [-0.2, -0.15) is 13.2 Å². The molecule has 0 amide bonds. The van der Waals surface area contributed by atoms with E-state index in [4.69, 9.17) is 4.74 Å². The number of pyridine rings is 1. The van der Waals surface area contributed by atoms with Gasteiger partial charge in [-0.3, -0.25) is 4.98 Å². The second-order valence-electron chi connectivity index (χ2n) is 6.23. The van der Waals surface area contributed by atoms with Gasteiger partial charge in [0.15, 0.2) is 5.13 Å². The topological polar surface area (TPSA) is 50.3 Å². The van der Waals surface area contributed by atoms with E-state index in [2.05, 4.69) is 20.2 Å². The Bertz CT molecular complexity index is 916. The lowest BCUT2D eigenvalue weighted by atomic mass is 10.2. The highest BCUT2D eigenvalue weighted by atomic mass is 32.1. The summed E-state index contributed by atoms with van der Waals surface area (Å²) in [5.74, 6) is 0.683. The summed E-state index contributed by atoms with van der Waals surface area (Å²) in [6, 6.07) is 7.34. The number of anilines is 1. The minimum atomic E-state index is -4.35. The normalized spacial score (nSPS) is 18.0. The molecule has 5 nitrogen and oxygen atoms in total. The molecule has 2 aromatic heterocycles. The third kappa shape index (κ3) is 3.98. The average molecular weight is 394 g/mol. The predicted octanol–water partition coefficient (Wildman–Crippen LogP) is 3.57. The molecule has 1 aliphatic heterocycles.